The van der Waals surface area contributed by atoms with E-state index >= 15 is 0 Å². The summed E-state index contributed by atoms with van der Waals surface area (Å²) in [6.45, 7) is 12.2. The van der Waals surface area contributed by atoms with Gasteiger partial charge in [-0.15, -0.1) is 5.10 Å². The highest BCUT2D eigenvalue weighted by atomic mass is 32.1. The number of aryl methyl sites for hydroxylation is 1. The third-order valence-electron chi connectivity index (χ3n) is 4.44. The van der Waals surface area contributed by atoms with Crippen molar-refractivity contribution < 1.29 is 0 Å². The topological polar surface area (TPSA) is 62.5 Å². The predicted molar refractivity (Wildman–Crippen MR) is 101 cm³/mol. The van der Waals surface area contributed by atoms with Crippen LogP contribution in [-0.2, 0) is 5.41 Å². The van der Waals surface area contributed by atoms with Crippen LogP contribution >= 0.6 is 11.3 Å². The largest absolute Gasteiger partial charge is 0.353 e. The molecule has 0 saturated carbocycles. The summed E-state index contributed by atoms with van der Waals surface area (Å²) >= 11 is 1.66. The molecule has 0 aliphatic carbocycles. The van der Waals surface area contributed by atoms with Crippen molar-refractivity contribution >= 4 is 27.2 Å². The van der Waals surface area contributed by atoms with Crippen molar-refractivity contribution in [3.63, 3.8) is 0 Å². The molecular formula is C17H23N7S. The molecule has 0 radical (unpaired) electrons. The summed E-state index contributed by atoms with van der Waals surface area (Å²) in [6, 6.07) is 1.98. The second-order valence-corrected chi connectivity index (χ2v) is 8.36. The van der Waals surface area contributed by atoms with Crippen LogP contribution in [0.15, 0.2) is 18.5 Å². The van der Waals surface area contributed by atoms with Crippen LogP contribution in [0.5, 0.6) is 0 Å². The van der Waals surface area contributed by atoms with E-state index < -0.39 is 0 Å². The fourth-order valence-corrected chi connectivity index (χ4v) is 3.86. The minimum atomic E-state index is 0.0505. The zero-order valence-corrected chi connectivity index (χ0v) is 15.9. The molecular weight excluding hydrogens is 334 g/mol. The number of anilines is 2. The van der Waals surface area contributed by atoms with Crippen molar-refractivity contribution in [2.75, 3.05) is 36.0 Å². The third kappa shape index (κ3) is 3.18. The molecule has 7 nitrogen and oxygen atoms in total. The van der Waals surface area contributed by atoms with Crippen LogP contribution in [-0.4, -0.2) is 50.7 Å². The Bertz CT molecular complexity index is 852. The van der Waals surface area contributed by atoms with Crippen molar-refractivity contribution in [1.82, 2.24) is 24.6 Å². The molecule has 0 atom stereocenters. The molecule has 4 rings (SSSR count). The first kappa shape index (κ1) is 16.3. The van der Waals surface area contributed by atoms with Crippen LogP contribution in [0, 0.1) is 6.92 Å². The Morgan fingerprint density at radius 3 is 2.40 bits per heavy atom. The normalized spacial score (nSPS) is 16.0. The van der Waals surface area contributed by atoms with Crippen LogP contribution < -0.4 is 9.80 Å². The number of aromatic nitrogens is 5. The molecule has 25 heavy (non-hydrogen) atoms. The van der Waals surface area contributed by atoms with Crippen LogP contribution in [0.2, 0.25) is 0 Å². The van der Waals surface area contributed by atoms with Crippen molar-refractivity contribution in [3.8, 4) is 0 Å². The Kier molecular flexibility index (Phi) is 3.87. The zero-order valence-electron chi connectivity index (χ0n) is 15.1. The Hall–Kier alpha value is -2.22. The van der Waals surface area contributed by atoms with Gasteiger partial charge in [-0.3, -0.25) is 0 Å². The maximum Gasteiger partial charge on any atom is 0.214 e. The summed E-state index contributed by atoms with van der Waals surface area (Å²) in [5, 5.41) is 5.78. The maximum atomic E-state index is 4.74. The van der Waals surface area contributed by atoms with Gasteiger partial charge < -0.3 is 9.80 Å². The fourth-order valence-electron chi connectivity index (χ4n) is 2.93. The lowest BCUT2D eigenvalue weighted by atomic mass is 9.93. The molecule has 3 aromatic heterocycles. The third-order valence-corrected chi connectivity index (χ3v) is 5.42. The molecule has 0 unspecified atom stereocenters. The lowest BCUT2D eigenvalue weighted by Crippen LogP contribution is -2.46. The molecule has 0 bridgehead atoms. The highest BCUT2D eigenvalue weighted by molar-refractivity contribution is 7.20. The van der Waals surface area contributed by atoms with Gasteiger partial charge in [-0.2, -0.15) is 0 Å². The van der Waals surface area contributed by atoms with Crippen molar-refractivity contribution in [2.24, 2.45) is 0 Å². The van der Waals surface area contributed by atoms with Gasteiger partial charge in [0.2, 0.25) is 10.1 Å². The van der Waals surface area contributed by atoms with Crippen molar-refractivity contribution in [1.29, 1.82) is 0 Å². The first-order valence-corrected chi connectivity index (χ1v) is 9.38. The smallest absolute Gasteiger partial charge is 0.214 e. The fraction of sp³-hybridized carbons (Fsp3) is 0.529. The molecule has 1 saturated heterocycles. The summed E-state index contributed by atoms with van der Waals surface area (Å²) in [7, 11) is 0. The molecule has 1 aliphatic rings. The SMILES string of the molecule is Cc1nccc(N2CCN(c3nn4cc(C(C)(C)C)nc4s3)CC2)n1. The average molecular weight is 357 g/mol. The van der Waals surface area contributed by atoms with E-state index in [-0.39, 0.29) is 5.41 Å². The number of piperazine rings is 1. The Balaban J connectivity index is 1.47. The Labute approximate surface area is 151 Å². The highest BCUT2D eigenvalue weighted by Gasteiger charge is 2.23. The summed E-state index contributed by atoms with van der Waals surface area (Å²) in [4.78, 5) is 19.0. The number of hydrogen-bond acceptors (Lipinski definition) is 7. The molecule has 0 N–H and O–H groups in total. The summed E-state index contributed by atoms with van der Waals surface area (Å²) in [5.74, 6) is 1.83. The van der Waals surface area contributed by atoms with E-state index in [1.165, 1.54) is 0 Å². The van der Waals surface area contributed by atoms with Gasteiger partial charge in [0, 0.05) is 37.8 Å². The van der Waals surface area contributed by atoms with E-state index in [9.17, 15) is 0 Å². The molecule has 4 heterocycles. The summed E-state index contributed by atoms with van der Waals surface area (Å²) in [6.07, 6.45) is 3.88. The molecule has 1 fully saturated rings. The quantitative estimate of drug-likeness (QED) is 0.702. The maximum absolute atomic E-state index is 4.74. The van der Waals surface area contributed by atoms with Crippen LogP contribution in [0.1, 0.15) is 32.3 Å². The molecule has 132 valence electrons. The van der Waals surface area contributed by atoms with E-state index in [4.69, 9.17) is 10.1 Å². The van der Waals surface area contributed by atoms with E-state index in [1.807, 2.05) is 23.7 Å². The van der Waals surface area contributed by atoms with Crippen molar-refractivity contribution in [3.05, 3.63) is 30.0 Å². The number of rotatable bonds is 2. The number of imidazole rings is 1. The van der Waals surface area contributed by atoms with E-state index in [2.05, 4.69) is 46.7 Å². The molecule has 0 aromatic carbocycles. The molecule has 0 spiro atoms. The molecule has 1 aliphatic heterocycles. The first-order valence-electron chi connectivity index (χ1n) is 8.56. The molecule has 0 amide bonds. The number of hydrogen-bond donors (Lipinski definition) is 0. The van der Waals surface area contributed by atoms with Gasteiger partial charge in [0.25, 0.3) is 0 Å². The predicted octanol–water partition coefficient (Wildman–Crippen LogP) is 2.51. The average Bonchev–Trinajstić information content (AvgIpc) is 3.13. The van der Waals surface area contributed by atoms with Crippen LogP contribution in [0.4, 0.5) is 10.9 Å². The minimum absolute atomic E-state index is 0.0505. The minimum Gasteiger partial charge on any atom is -0.353 e. The Morgan fingerprint density at radius 1 is 1.04 bits per heavy atom. The summed E-state index contributed by atoms with van der Waals surface area (Å²) < 4.78 is 1.92. The van der Waals surface area contributed by atoms with Gasteiger partial charge in [-0.05, 0) is 13.0 Å². The van der Waals surface area contributed by atoms with E-state index in [0.29, 0.717) is 0 Å². The second-order valence-electron chi connectivity index (χ2n) is 7.42. The highest BCUT2D eigenvalue weighted by Crippen LogP contribution is 2.28. The van der Waals surface area contributed by atoms with Crippen LogP contribution in [0.25, 0.3) is 4.96 Å². The first-order chi connectivity index (χ1) is 11.9. The van der Waals surface area contributed by atoms with Gasteiger partial charge >= 0.3 is 0 Å². The standard InChI is InChI=1S/C17H23N7S/c1-12-18-6-5-14(19-12)22-7-9-23(10-8-22)16-21-24-11-13(17(2,3)4)20-15(24)25-16/h5-6,11H,7-10H2,1-4H3. The van der Waals surface area contributed by atoms with Gasteiger partial charge in [0.15, 0.2) is 0 Å². The number of fused-ring (bicyclic) bond motifs is 1. The lowest BCUT2D eigenvalue weighted by Gasteiger charge is -2.35. The monoisotopic (exact) mass is 357 g/mol. The van der Waals surface area contributed by atoms with E-state index in [1.54, 1.807) is 11.3 Å². The number of nitrogens with zero attached hydrogens (tertiary/aromatic N) is 7. The van der Waals surface area contributed by atoms with Crippen LogP contribution in [0.3, 0.4) is 0 Å². The zero-order chi connectivity index (χ0) is 17.6. The van der Waals surface area contributed by atoms with Gasteiger partial charge in [0.05, 0.1) is 11.9 Å². The lowest BCUT2D eigenvalue weighted by molar-refractivity contribution is 0.572. The molecule has 8 heteroatoms. The molecule has 3 aromatic rings. The summed E-state index contributed by atoms with van der Waals surface area (Å²) in [5.41, 5.74) is 1.14. The van der Waals surface area contributed by atoms with Gasteiger partial charge in [0.1, 0.15) is 11.6 Å². The van der Waals surface area contributed by atoms with Gasteiger partial charge in [-0.25, -0.2) is 19.5 Å². The van der Waals surface area contributed by atoms with E-state index in [0.717, 1.165) is 53.6 Å². The Morgan fingerprint density at radius 2 is 1.76 bits per heavy atom. The second kappa shape index (κ2) is 5.94. The van der Waals surface area contributed by atoms with Crippen molar-refractivity contribution in [2.45, 2.75) is 33.1 Å². The van der Waals surface area contributed by atoms with Gasteiger partial charge in [-0.1, -0.05) is 32.1 Å².